The summed E-state index contributed by atoms with van der Waals surface area (Å²) in [6, 6.07) is 15.4. The number of halogens is 1. The second-order valence-electron chi connectivity index (χ2n) is 12.6. The Labute approximate surface area is 234 Å². The number of hydrogen-bond acceptors (Lipinski definition) is 6. The van der Waals surface area contributed by atoms with Gasteiger partial charge in [-0.25, -0.2) is 4.39 Å². The summed E-state index contributed by atoms with van der Waals surface area (Å²) in [6.45, 7) is 9.58. The number of aliphatic hydroxyl groups is 2. The summed E-state index contributed by atoms with van der Waals surface area (Å²) in [7, 11) is 0. The van der Waals surface area contributed by atoms with Gasteiger partial charge < -0.3 is 15.5 Å². The highest BCUT2D eigenvalue weighted by molar-refractivity contribution is 5.87. The highest BCUT2D eigenvalue weighted by Gasteiger charge is 2.50. The van der Waals surface area contributed by atoms with Crippen LogP contribution in [-0.4, -0.2) is 45.3 Å². The van der Waals surface area contributed by atoms with Crippen molar-refractivity contribution in [2.24, 2.45) is 5.41 Å². The average Bonchev–Trinajstić information content (AvgIpc) is 2.91. The third kappa shape index (κ3) is 4.98. The van der Waals surface area contributed by atoms with Gasteiger partial charge in [-0.05, 0) is 61.9 Å². The number of likely N-dealkylation sites (tertiary alicyclic amines) is 1. The number of fused-ring (bicyclic) bond motifs is 1. The first-order valence-electron chi connectivity index (χ1n) is 13.9. The van der Waals surface area contributed by atoms with Crippen molar-refractivity contribution >= 4 is 16.8 Å². The third-order valence-electron chi connectivity index (χ3n) is 8.91. The van der Waals surface area contributed by atoms with Gasteiger partial charge in [0.05, 0.1) is 28.5 Å². The van der Waals surface area contributed by atoms with Crippen LogP contribution in [0.1, 0.15) is 75.1 Å². The van der Waals surface area contributed by atoms with E-state index in [2.05, 4.69) is 21.3 Å². The molecule has 0 saturated carbocycles. The zero-order valence-electron chi connectivity index (χ0n) is 23.5. The van der Waals surface area contributed by atoms with Gasteiger partial charge in [0.1, 0.15) is 12.0 Å². The van der Waals surface area contributed by atoms with Gasteiger partial charge in [-0.1, -0.05) is 44.2 Å². The van der Waals surface area contributed by atoms with Crippen molar-refractivity contribution in [2.45, 2.75) is 76.7 Å². The SMILES string of the molecule is CC(C)(C#N)c1ccc(CN2CC[C@@](O)(c3ccc4ncc(C5CCC(O)NC5=O)cc4c3F)C(C)(C)C2)cc1. The molecule has 3 atom stereocenters. The number of carbonyl (C=O) groups is 1. The molecule has 40 heavy (non-hydrogen) atoms. The highest BCUT2D eigenvalue weighted by Crippen LogP contribution is 2.48. The van der Waals surface area contributed by atoms with Crippen LogP contribution in [0.4, 0.5) is 4.39 Å². The molecule has 0 spiro atoms. The molecular weight excluding hydrogens is 507 g/mol. The molecule has 3 N–H and O–H groups in total. The second-order valence-corrected chi connectivity index (χ2v) is 12.6. The van der Waals surface area contributed by atoms with Crippen LogP contribution >= 0.6 is 0 Å². The largest absolute Gasteiger partial charge is 0.384 e. The lowest BCUT2D eigenvalue weighted by molar-refractivity contribution is -0.128. The van der Waals surface area contributed by atoms with Crippen molar-refractivity contribution in [3.8, 4) is 6.07 Å². The van der Waals surface area contributed by atoms with E-state index in [0.717, 1.165) is 11.1 Å². The molecule has 2 saturated heterocycles. The summed E-state index contributed by atoms with van der Waals surface area (Å²) in [5.41, 5.74) is 0.786. The molecule has 7 nitrogen and oxygen atoms in total. The summed E-state index contributed by atoms with van der Waals surface area (Å²) in [5, 5.41) is 34.0. The van der Waals surface area contributed by atoms with Gasteiger partial charge in [0.15, 0.2) is 0 Å². The lowest BCUT2D eigenvalue weighted by atomic mass is 9.66. The molecule has 0 bridgehead atoms. The van der Waals surface area contributed by atoms with E-state index in [4.69, 9.17) is 0 Å². The van der Waals surface area contributed by atoms with E-state index in [1.807, 2.05) is 52.0 Å². The number of benzene rings is 2. The van der Waals surface area contributed by atoms with Crippen LogP contribution in [0.2, 0.25) is 0 Å². The molecule has 2 aliphatic rings. The minimum Gasteiger partial charge on any atom is -0.384 e. The van der Waals surface area contributed by atoms with Crippen LogP contribution < -0.4 is 5.32 Å². The van der Waals surface area contributed by atoms with Gasteiger partial charge in [-0.2, -0.15) is 5.26 Å². The first-order valence-corrected chi connectivity index (χ1v) is 13.9. The Morgan fingerprint density at radius 2 is 1.93 bits per heavy atom. The van der Waals surface area contributed by atoms with Crippen LogP contribution in [0, 0.1) is 22.6 Å². The van der Waals surface area contributed by atoms with Gasteiger partial charge in [0.2, 0.25) is 5.91 Å². The molecule has 210 valence electrons. The van der Waals surface area contributed by atoms with E-state index in [9.17, 15) is 20.3 Å². The molecule has 1 amide bonds. The van der Waals surface area contributed by atoms with Crippen molar-refractivity contribution in [2.75, 3.05) is 13.1 Å². The number of amides is 1. The van der Waals surface area contributed by atoms with E-state index in [0.29, 0.717) is 50.0 Å². The Morgan fingerprint density at radius 3 is 2.58 bits per heavy atom. The fourth-order valence-electron chi connectivity index (χ4n) is 6.21. The van der Waals surface area contributed by atoms with Crippen molar-refractivity contribution in [3.05, 3.63) is 76.7 Å². The predicted octanol–water partition coefficient (Wildman–Crippen LogP) is 4.61. The quantitative estimate of drug-likeness (QED) is 0.433. The molecule has 5 rings (SSSR count). The van der Waals surface area contributed by atoms with Crippen LogP contribution in [-0.2, 0) is 22.4 Å². The molecule has 2 aromatic carbocycles. The molecule has 8 heteroatoms. The molecule has 2 aliphatic heterocycles. The van der Waals surface area contributed by atoms with Crippen LogP contribution in [0.3, 0.4) is 0 Å². The van der Waals surface area contributed by atoms with Crippen LogP contribution in [0.15, 0.2) is 48.7 Å². The van der Waals surface area contributed by atoms with Crippen molar-refractivity contribution in [1.82, 2.24) is 15.2 Å². The number of nitrogens with one attached hydrogen (secondary N) is 1. The number of piperidine rings is 2. The van der Waals surface area contributed by atoms with E-state index >= 15 is 4.39 Å². The molecule has 2 unspecified atom stereocenters. The summed E-state index contributed by atoms with van der Waals surface area (Å²) < 4.78 is 16.2. The van der Waals surface area contributed by atoms with Crippen LogP contribution in [0.25, 0.3) is 10.9 Å². The first kappa shape index (κ1) is 28.2. The fourth-order valence-corrected chi connectivity index (χ4v) is 6.21. The monoisotopic (exact) mass is 544 g/mol. The number of carbonyl (C=O) groups excluding carboxylic acids is 1. The number of nitriles is 1. The van der Waals surface area contributed by atoms with Gasteiger partial charge in [-0.15, -0.1) is 0 Å². The molecule has 0 aliphatic carbocycles. The maximum absolute atomic E-state index is 16.2. The molecule has 3 aromatic rings. The number of pyridine rings is 1. The average molecular weight is 545 g/mol. The van der Waals surface area contributed by atoms with Gasteiger partial charge in [0.25, 0.3) is 0 Å². The Hall–Kier alpha value is -3.38. The molecule has 1 aromatic heterocycles. The normalized spacial score (nSPS) is 25.4. The predicted molar refractivity (Wildman–Crippen MR) is 150 cm³/mol. The standard InChI is InChI=1S/C32H37FN4O3/c1-30(2,18-34)22-7-5-20(6-8-22)17-37-14-13-32(40,31(3,4)19-37)25-10-11-26-24(28(25)33)15-21(16-35-26)23-9-12-27(38)36-29(23)39/h5-8,10-11,15-16,23,27,38,40H,9,12-14,17,19H2,1-4H3,(H,36,39)/t23?,27?,32-/m1/s1. The number of aliphatic hydroxyl groups excluding tert-OH is 1. The highest BCUT2D eigenvalue weighted by atomic mass is 19.1. The number of rotatable bonds is 5. The van der Waals surface area contributed by atoms with E-state index in [1.165, 1.54) is 0 Å². The second kappa shape index (κ2) is 10.2. The molecule has 3 heterocycles. The van der Waals surface area contributed by atoms with Crippen molar-refractivity contribution in [3.63, 3.8) is 0 Å². The summed E-state index contributed by atoms with van der Waals surface area (Å²) in [4.78, 5) is 19.1. The maximum Gasteiger partial charge on any atom is 0.229 e. The fraction of sp³-hybridized carbons (Fsp3) is 0.469. The smallest absolute Gasteiger partial charge is 0.229 e. The summed E-state index contributed by atoms with van der Waals surface area (Å²) in [5.74, 6) is -1.32. The first-order chi connectivity index (χ1) is 18.8. The Morgan fingerprint density at radius 1 is 1.20 bits per heavy atom. The van der Waals surface area contributed by atoms with E-state index in [1.54, 1.807) is 24.4 Å². The Bertz CT molecular complexity index is 1480. The van der Waals surface area contributed by atoms with Gasteiger partial charge in [0, 0.05) is 42.2 Å². The number of aromatic nitrogens is 1. The van der Waals surface area contributed by atoms with Crippen LogP contribution in [0.5, 0.6) is 0 Å². The summed E-state index contributed by atoms with van der Waals surface area (Å²) >= 11 is 0. The maximum atomic E-state index is 16.2. The minimum atomic E-state index is -1.40. The topological polar surface area (TPSA) is 109 Å². The van der Waals surface area contributed by atoms with Crippen molar-refractivity contribution in [1.29, 1.82) is 5.26 Å². The third-order valence-corrected chi connectivity index (χ3v) is 8.91. The number of hydrogen-bond donors (Lipinski definition) is 3. The van der Waals surface area contributed by atoms with E-state index in [-0.39, 0.29) is 16.9 Å². The van der Waals surface area contributed by atoms with Crippen molar-refractivity contribution < 1.29 is 19.4 Å². The van der Waals surface area contributed by atoms with Gasteiger partial charge >= 0.3 is 0 Å². The lowest BCUT2D eigenvalue weighted by Crippen LogP contribution is -2.55. The lowest BCUT2D eigenvalue weighted by Gasteiger charge is -2.50. The zero-order chi connectivity index (χ0) is 28.9. The Balaban J connectivity index is 1.38. The molecule has 2 fully saturated rings. The zero-order valence-corrected chi connectivity index (χ0v) is 23.5. The summed E-state index contributed by atoms with van der Waals surface area (Å²) in [6.07, 6.45) is 1.96. The Kier molecular flexibility index (Phi) is 7.20. The van der Waals surface area contributed by atoms with Gasteiger partial charge in [-0.3, -0.25) is 14.7 Å². The number of nitrogens with zero attached hydrogens (tertiary/aromatic N) is 3. The van der Waals surface area contributed by atoms with E-state index < -0.39 is 34.4 Å². The molecule has 0 radical (unpaired) electrons. The minimum absolute atomic E-state index is 0.246. The molecular formula is C32H37FN4O3.